The monoisotopic (exact) mass is 696 g/mol. The van der Waals surface area contributed by atoms with Crippen LogP contribution in [-0.2, 0) is 16.0 Å². The van der Waals surface area contributed by atoms with Gasteiger partial charge in [0.25, 0.3) is 0 Å². The van der Waals surface area contributed by atoms with Crippen molar-refractivity contribution in [3.8, 4) is 17.2 Å². The molecule has 4 aromatic carbocycles. The minimum atomic E-state index is -3.05. The van der Waals surface area contributed by atoms with Crippen molar-refractivity contribution in [3.05, 3.63) is 123 Å². The number of ether oxygens (including phenoxy) is 3. The molecule has 1 heterocycles. The van der Waals surface area contributed by atoms with Crippen LogP contribution < -0.4 is 20.9 Å². The lowest BCUT2D eigenvalue weighted by molar-refractivity contribution is -0.371. The maximum absolute atomic E-state index is 14.5. The molecule has 9 N–H and O–H groups in total. The second-order valence-electron chi connectivity index (χ2n) is 12.5. The number of esters is 1. The number of benzene rings is 4. The predicted molar refractivity (Wildman–Crippen MR) is 183 cm³/mol. The Morgan fingerprint density at radius 2 is 1.61 bits per heavy atom. The Kier molecular flexibility index (Phi) is 9.63. The van der Waals surface area contributed by atoms with Crippen LogP contribution in [0.5, 0.6) is 17.2 Å². The van der Waals surface area contributed by atoms with Crippen LogP contribution in [0.2, 0.25) is 0 Å². The molecule has 1 aliphatic heterocycles. The fourth-order valence-electron chi connectivity index (χ4n) is 6.24. The van der Waals surface area contributed by atoms with E-state index in [2.05, 4.69) is 0 Å². The zero-order valence-corrected chi connectivity index (χ0v) is 27.5. The van der Waals surface area contributed by atoms with Crippen LogP contribution in [0, 0.1) is 0 Å². The Hall–Kier alpha value is -5.25. The number of nitrogens with two attached hydrogens (primary N) is 2. The molecular formula is C38H36N2O11. The Labute approximate surface area is 291 Å². The number of rotatable bonds is 8. The Morgan fingerprint density at radius 1 is 0.902 bits per heavy atom. The van der Waals surface area contributed by atoms with Gasteiger partial charge in [-0.25, -0.2) is 0 Å². The van der Waals surface area contributed by atoms with Crippen molar-refractivity contribution in [1.82, 2.24) is 0 Å². The Bertz CT molecular complexity index is 2060. The van der Waals surface area contributed by atoms with Crippen LogP contribution in [0.3, 0.4) is 0 Å². The first-order valence-electron chi connectivity index (χ1n) is 16.0. The Morgan fingerprint density at radius 3 is 2.29 bits per heavy atom. The van der Waals surface area contributed by atoms with Gasteiger partial charge in [0.15, 0.2) is 17.7 Å². The number of phenols is 1. The van der Waals surface area contributed by atoms with Gasteiger partial charge < -0.3 is 51.2 Å². The number of aromatic hydroxyl groups is 1. The van der Waals surface area contributed by atoms with E-state index in [9.17, 15) is 39.9 Å². The van der Waals surface area contributed by atoms with E-state index in [1.54, 1.807) is 36.4 Å². The summed E-state index contributed by atoms with van der Waals surface area (Å²) in [4.78, 5) is 40.7. The van der Waals surface area contributed by atoms with E-state index in [-0.39, 0.29) is 51.3 Å². The van der Waals surface area contributed by atoms with Gasteiger partial charge in [-0.15, -0.1) is 0 Å². The third-order valence-corrected chi connectivity index (χ3v) is 8.89. The average molecular weight is 697 g/mol. The van der Waals surface area contributed by atoms with E-state index in [4.69, 9.17) is 25.7 Å². The molecule has 1 fully saturated rings. The average Bonchev–Trinajstić information content (AvgIpc) is 3.09. The van der Waals surface area contributed by atoms with Crippen molar-refractivity contribution >= 4 is 29.7 Å². The second-order valence-corrected chi connectivity index (χ2v) is 12.5. The first kappa shape index (κ1) is 35.6. The summed E-state index contributed by atoms with van der Waals surface area (Å²) in [6.45, 7) is 2.52. The fraction of sp³-hybridized carbons (Fsp3) is 0.237. The SMILES string of the molecule is CC(=O)Oc1ccc2c(c1C=Cc1ccccc1)C(=O)c1cc(O[C@H]3O[C@H](C)[C@@H](O)C(O)(O)[C@H]3O)c(Cc3cccc(C(N)N)c3)c(O)c1C2=O. The molecule has 1 saturated heterocycles. The second kappa shape index (κ2) is 13.8. The van der Waals surface area contributed by atoms with Crippen molar-refractivity contribution in [2.75, 3.05) is 0 Å². The van der Waals surface area contributed by atoms with Gasteiger partial charge in [0, 0.05) is 41.2 Å². The minimum Gasteiger partial charge on any atom is -0.507 e. The topological polar surface area (TPSA) is 232 Å². The van der Waals surface area contributed by atoms with Crippen molar-refractivity contribution < 1.29 is 54.1 Å². The summed E-state index contributed by atoms with van der Waals surface area (Å²) in [6.07, 6.45) is -4.88. The summed E-state index contributed by atoms with van der Waals surface area (Å²) in [5.74, 6) is -6.00. The number of fused-ring (bicyclic) bond motifs is 2. The molecule has 6 rings (SSSR count). The lowest BCUT2D eigenvalue weighted by atomic mass is 9.79. The van der Waals surface area contributed by atoms with Crippen LogP contribution in [0.25, 0.3) is 12.2 Å². The van der Waals surface area contributed by atoms with Gasteiger partial charge in [-0.2, -0.15) is 0 Å². The zero-order chi connectivity index (χ0) is 36.8. The number of hydrogen-bond donors (Lipinski definition) is 7. The molecule has 2 aliphatic rings. The zero-order valence-electron chi connectivity index (χ0n) is 27.5. The summed E-state index contributed by atoms with van der Waals surface area (Å²) >= 11 is 0. The highest BCUT2D eigenvalue weighted by Crippen LogP contribution is 2.44. The molecule has 0 amide bonds. The number of hydrogen-bond acceptors (Lipinski definition) is 13. The van der Waals surface area contributed by atoms with E-state index in [0.29, 0.717) is 11.1 Å². The summed E-state index contributed by atoms with van der Waals surface area (Å²) in [5, 5.41) is 53.8. The molecule has 4 aromatic rings. The third-order valence-electron chi connectivity index (χ3n) is 8.89. The summed E-state index contributed by atoms with van der Waals surface area (Å²) in [6, 6.07) is 19.8. The molecule has 0 unspecified atom stereocenters. The molecule has 264 valence electrons. The van der Waals surface area contributed by atoms with Crippen molar-refractivity contribution in [2.24, 2.45) is 11.5 Å². The van der Waals surface area contributed by atoms with Gasteiger partial charge in [0.1, 0.15) is 23.4 Å². The number of phenolic OH excluding ortho intramolecular Hbond substituents is 1. The third kappa shape index (κ3) is 6.67. The first-order chi connectivity index (χ1) is 24.2. The predicted octanol–water partition coefficient (Wildman–Crippen LogP) is 2.30. The number of ketones is 2. The van der Waals surface area contributed by atoms with Crippen LogP contribution >= 0.6 is 0 Å². The molecule has 51 heavy (non-hydrogen) atoms. The largest absolute Gasteiger partial charge is 0.507 e. The van der Waals surface area contributed by atoms with Crippen molar-refractivity contribution in [2.45, 2.75) is 56.8 Å². The maximum atomic E-state index is 14.5. The number of aliphatic hydroxyl groups is 4. The molecule has 0 aromatic heterocycles. The highest BCUT2D eigenvalue weighted by atomic mass is 16.7. The Balaban J connectivity index is 1.53. The van der Waals surface area contributed by atoms with Gasteiger partial charge in [-0.3, -0.25) is 14.4 Å². The van der Waals surface area contributed by atoms with Crippen molar-refractivity contribution in [3.63, 3.8) is 0 Å². The van der Waals surface area contributed by atoms with Crippen molar-refractivity contribution in [1.29, 1.82) is 0 Å². The minimum absolute atomic E-state index is 0.0156. The highest BCUT2D eigenvalue weighted by Gasteiger charge is 2.54. The molecule has 0 saturated carbocycles. The molecule has 13 nitrogen and oxygen atoms in total. The summed E-state index contributed by atoms with van der Waals surface area (Å²) < 4.78 is 17.0. The molecule has 0 bridgehead atoms. The van der Waals surface area contributed by atoms with Crippen LogP contribution in [0.15, 0.2) is 72.8 Å². The fourth-order valence-corrected chi connectivity index (χ4v) is 6.24. The van der Waals surface area contributed by atoms with Gasteiger partial charge in [0.05, 0.1) is 17.8 Å². The molecular weight excluding hydrogens is 660 g/mol. The maximum Gasteiger partial charge on any atom is 0.308 e. The number of carbonyl (C=O) groups is 3. The van der Waals surface area contributed by atoms with Crippen LogP contribution in [0.1, 0.15) is 79.7 Å². The highest BCUT2D eigenvalue weighted by molar-refractivity contribution is 6.31. The van der Waals surface area contributed by atoms with E-state index in [1.807, 2.05) is 30.3 Å². The quantitative estimate of drug-likeness (QED) is 0.0535. The summed E-state index contributed by atoms with van der Waals surface area (Å²) in [5.41, 5.74) is 13.0. The van der Waals surface area contributed by atoms with Gasteiger partial charge in [-0.05, 0) is 47.9 Å². The van der Waals surface area contributed by atoms with Gasteiger partial charge >= 0.3 is 5.97 Å². The lowest BCUT2D eigenvalue weighted by Gasteiger charge is -2.44. The van der Waals surface area contributed by atoms with E-state index in [0.717, 1.165) is 5.56 Å². The molecule has 0 spiro atoms. The van der Waals surface area contributed by atoms with E-state index < -0.39 is 59.8 Å². The van der Waals surface area contributed by atoms with Crippen LogP contribution in [0.4, 0.5) is 0 Å². The summed E-state index contributed by atoms with van der Waals surface area (Å²) in [7, 11) is 0. The van der Waals surface area contributed by atoms with Gasteiger partial charge in [-0.1, -0.05) is 60.7 Å². The van der Waals surface area contributed by atoms with E-state index >= 15 is 0 Å². The molecule has 0 radical (unpaired) electrons. The smallest absolute Gasteiger partial charge is 0.308 e. The molecule has 4 atom stereocenters. The van der Waals surface area contributed by atoms with Crippen LogP contribution in [-0.4, -0.2) is 73.5 Å². The number of aliphatic hydroxyl groups excluding tert-OH is 2. The van der Waals surface area contributed by atoms with Gasteiger partial charge in [0.2, 0.25) is 12.1 Å². The lowest BCUT2D eigenvalue weighted by Crippen LogP contribution is -2.67. The normalized spacial score (nSPS) is 21.0. The first-order valence-corrected chi connectivity index (χ1v) is 16.0. The molecule has 13 heteroatoms. The number of carbonyl (C=O) groups excluding carboxylic acids is 3. The standard InChI is InChI=1S/C38H36N2O11/c1-18-34(45)38(47,48)35(46)37(49-18)51-28-17-26-30(32(43)25(28)16-21-9-6-10-22(15-21)36(39)40)31(42)24-13-14-27(50-19(2)41)23(29(24)33(26)44)12-11-20-7-4-3-5-8-20/h3-15,17-18,34-37,43,45-48H,16,39-40H2,1-2H3/t18-,34-,35+,37-/m1/s1. The molecule has 1 aliphatic carbocycles. The van der Waals surface area contributed by atoms with E-state index in [1.165, 1.54) is 32.0 Å².